The highest BCUT2D eigenvalue weighted by atomic mass is 16.5. The zero-order chi connectivity index (χ0) is 15.1. The third-order valence-corrected chi connectivity index (χ3v) is 4.53. The minimum absolute atomic E-state index is 0.711. The van der Waals surface area contributed by atoms with Gasteiger partial charge in [0.15, 0.2) is 5.82 Å². The summed E-state index contributed by atoms with van der Waals surface area (Å²) < 4.78 is 5.33. The highest BCUT2D eigenvalue weighted by Gasteiger charge is 2.21. The molecule has 0 spiro atoms. The van der Waals surface area contributed by atoms with Gasteiger partial charge in [-0.05, 0) is 37.0 Å². The summed E-state index contributed by atoms with van der Waals surface area (Å²) in [5, 5.41) is 1.09. The van der Waals surface area contributed by atoms with Gasteiger partial charge >= 0.3 is 0 Å². The number of aromatic amines is 1. The number of anilines is 1. The number of H-pyrrole nitrogens is 1. The summed E-state index contributed by atoms with van der Waals surface area (Å²) in [5.74, 6) is 2.58. The number of nitrogens with one attached hydrogen (secondary N) is 1. The number of hydrogen-bond acceptors (Lipinski definition) is 4. The molecule has 22 heavy (non-hydrogen) atoms. The molecule has 0 amide bonds. The fourth-order valence-corrected chi connectivity index (χ4v) is 3.41. The summed E-state index contributed by atoms with van der Waals surface area (Å²) in [6.07, 6.45) is 4.19. The van der Waals surface area contributed by atoms with Crippen LogP contribution in [0.25, 0.3) is 21.9 Å². The van der Waals surface area contributed by atoms with E-state index in [-0.39, 0.29) is 0 Å². The standard InChI is InChI=1S/C17H20N4O/c1-11-4-3-7-21(9-11)17-16-15(18-10-19-17)13-8-12(22-2)5-6-14(13)20-16/h5-6,8,10-11,20H,3-4,7,9H2,1-2H3. The van der Waals surface area contributed by atoms with Crippen LogP contribution in [0.1, 0.15) is 19.8 Å². The van der Waals surface area contributed by atoms with Crippen molar-refractivity contribution < 1.29 is 4.74 Å². The summed E-state index contributed by atoms with van der Waals surface area (Å²) in [7, 11) is 1.69. The van der Waals surface area contributed by atoms with E-state index in [0.717, 1.165) is 46.6 Å². The zero-order valence-electron chi connectivity index (χ0n) is 13.0. The molecule has 1 unspecified atom stereocenters. The lowest BCUT2D eigenvalue weighted by molar-refractivity contribution is 0.415. The first kappa shape index (κ1) is 13.4. The molecule has 1 aliphatic heterocycles. The van der Waals surface area contributed by atoms with Gasteiger partial charge in [0.2, 0.25) is 0 Å². The summed E-state index contributed by atoms with van der Waals surface area (Å²) in [6, 6.07) is 6.04. The average Bonchev–Trinajstić information content (AvgIpc) is 2.92. The second kappa shape index (κ2) is 5.16. The van der Waals surface area contributed by atoms with Crippen LogP contribution in [-0.4, -0.2) is 35.2 Å². The van der Waals surface area contributed by atoms with Crippen molar-refractivity contribution >= 4 is 27.8 Å². The quantitative estimate of drug-likeness (QED) is 0.788. The average molecular weight is 296 g/mol. The molecule has 3 aromatic rings. The van der Waals surface area contributed by atoms with Gasteiger partial charge in [-0.2, -0.15) is 0 Å². The Morgan fingerprint density at radius 3 is 3.05 bits per heavy atom. The van der Waals surface area contributed by atoms with E-state index in [0.29, 0.717) is 5.92 Å². The van der Waals surface area contributed by atoms with E-state index in [1.54, 1.807) is 13.4 Å². The van der Waals surface area contributed by atoms with Crippen LogP contribution in [0.5, 0.6) is 5.75 Å². The van der Waals surface area contributed by atoms with Crippen LogP contribution in [0.3, 0.4) is 0 Å². The van der Waals surface area contributed by atoms with Crippen LogP contribution in [0.15, 0.2) is 24.5 Å². The maximum absolute atomic E-state index is 5.33. The highest BCUT2D eigenvalue weighted by molar-refractivity contribution is 6.08. The van der Waals surface area contributed by atoms with Crippen LogP contribution in [0.2, 0.25) is 0 Å². The van der Waals surface area contributed by atoms with Crippen LogP contribution in [0.4, 0.5) is 5.82 Å². The largest absolute Gasteiger partial charge is 0.497 e. The first-order chi connectivity index (χ1) is 10.8. The predicted molar refractivity (Wildman–Crippen MR) is 88.6 cm³/mol. The van der Waals surface area contributed by atoms with E-state index < -0.39 is 0 Å². The molecule has 114 valence electrons. The zero-order valence-corrected chi connectivity index (χ0v) is 13.0. The van der Waals surface area contributed by atoms with Crippen molar-refractivity contribution in [1.82, 2.24) is 15.0 Å². The maximum Gasteiger partial charge on any atom is 0.156 e. The van der Waals surface area contributed by atoms with E-state index in [2.05, 4.69) is 26.8 Å². The SMILES string of the molecule is COc1ccc2[nH]c3c(N4CCCC(C)C4)ncnc3c2c1. The predicted octanol–water partition coefficient (Wildman–Crippen LogP) is 3.36. The Morgan fingerprint density at radius 1 is 1.32 bits per heavy atom. The van der Waals surface area contributed by atoms with Crippen LogP contribution < -0.4 is 9.64 Å². The molecule has 1 aliphatic rings. The number of rotatable bonds is 2. The number of ether oxygens (including phenoxy) is 1. The van der Waals surface area contributed by atoms with Gasteiger partial charge in [-0.15, -0.1) is 0 Å². The monoisotopic (exact) mass is 296 g/mol. The lowest BCUT2D eigenvalue weighted by Gasteiger charge is -2.31. The molecule has 1 aromatic carbocycles. The third kappa shape index (κ3) is 2.08. The molecule has 1 N–H and O–H groups in total. The molecule has 0 saturated carbocycles. The van der Waals surface area contributed by atoms with Gasteiger partial charge in [-0.3, -0.25) is 0 Å². The maximum atomic E-state index is 5.33. The fourth-order valence-electron chi connectivity index (χ4n) is 3.41. The lowest BCUT2D eigenvalue weighted by atomic mass is 10.0. The van der Waals surface area contributed by atoms with Gasteiger partial charge in [0, 0.05) is 24.0 Å². The minimum Gasteiger partial charge on any atom is -0.497 e. The van der Waals surface area contributed by atoms with Crippen molar-refractivity contribution in [3.8, 4) is 5.75 Å². The summed E-state index contributed by atoms with van der Waals surface area (Å²) in [6.45, 7) is 4.43. The van der Waals surface area contributed by atoms with Crippen LogP contribution >= 0.6 is 0 Å². The van der Waals surface area contributed by atoms with Gasteiger partial charge in [0.05, 0.1) is 7.11 Å². The Hall–Kier alpha value is -2.30. The minimum atomic E-state index is 0.711. The molecule has 0 aliphatic carbocycles. The van der Waals surface area contributed by atoms with Crippen molar-refractivity contribution in [2.75, 3.05) is 25.1 Å². The number of benzene rings is 1. The number of methoxy groups -OCH3 is 1. The van der Waals surface area contributed by atoms with Gasteiger partial charge in [0.1, 0.15) is 23.1 Å². The van der Waals surface area contributed by atoms with E-state index in [1.165, 1.54) is 12.8 Å². The smallest absolute Gasteiger partial charge is 0.156 e. The topological polar surface area (TPSA) is 54.0 Å². The van der Waals surface area contributed by atoms with Gasteiger partial charge in [0.25, 0.3) is 0 Å². The second-order valence-corrected chi connectivity index (χ2v) is 6.15. The first-order valence-electron chi connectivity index (χ1n) is 7.81. The number of hydrogen-bond donors (Lipinski definition) is 1. The Labute approximate surface area is 129 Å². The van der Waals surface area contributed by atoms with E-state index in [4.69, 9.17) is 4.74 Å². The van der Waals surface area contributed by atoms with Gasteiger partial charge < -0.3 is 14.6 Å². The molecular formula is C17H20N4O. The van der Waals surface area contributed by atoms with E-state index in [9.17, 15) is 0 Å². The van der Waals surface area contributed by atoms with E-state index >= 15 is 0 Å². The molecule has 0 radical (unpaired) electrons. The Bertz CT molecular complexity index is 826. The molecule has 2 aromatic heterocycles. The summed E-state index contributed by atoms with van der Waals surface area (Å²) in [4.78, 5) is 14.9. The molecule has 4 rings (SSSR count). The van der Waals surface area contributed by atoms with Crippen molar-refractivity contribution in [3.63, 3.8) is 0 Å². The second-order valence-electron chi connectivity index (χ2n) is 6.15. The lowest BCUT2D eigenvalue weighted by Crippen LogP contribution is -2.35. The Balaban J connectivity index is 1.89. The van der Waals surface area contributed by atoms with Gasteiger partial charge in [-0.25, -0.2) is 9.97 Å². The van der Waals surface area contributed by atoms with Crippen LogP contribution in [-0.2, 0) is 0 Å². The van der Waals surface area contributed by atoms with E-state index in [1.807, 2.05) is 18.2 Å². The van der Waals surface area contributed by atoms with Crippen molar-refractivity contribution in [2.24, 2.45) is 5.92 Å². The molecule has 3 heterocycles. The highest BCUT2D eigenvalue weighted by Crippen LogP contribution is 2.32. The van der Waals surface area contributed by atoms with Crippen molar-refractivity contribution in [1.29, 1.82) is 0 Å². The molecule has 1 fully saturated rings. The number of fused-ring (bicyclic) bond motifs is 3. The molecular weight excluding hydrogens is 276 g/mol. The third-order valence-electron chi connectivity index (χ3n) is 4.53. The van der Waals surface area contributed by atoms with Crippen molar-refractivity contribution in [3.05, 3.63) is 24.5 Å². The number of aromatic nitrogens is 3. The summed E-state index contributed by atoms with van der Waals surface area (Å²) in [5.41, 5.74) is 3.07. The fraction of sp³-hybridized carbons (Fsp3) is 0.412. The Kier molecular flexibility index (Phi) is 3.13. The molecule has 1 saturated heterocycles. The first-order valence-corrected chi connectivity index (χ1v) is 7.81. The van der Waals surface area contributed by atoms with Crippen LogP contribution in [0, 0.1) is 5.92 Å². The Morgan fingerprint density at radius 2 is 2.23 bits per heavy atom. The molecule has 5 nitrogen and oxygen atoms in total. The summed E-state index contributed by atoms with van der Waals surface area (Å²) >= 11 is 0. The normalized spacial score (nSPS) is 19.0. The number of nitrogens with zero attached hydrogens (tertiary/aromatic N) is 3. The molecule has 5 heteroatoms. The molecule has 0 bridgehead atoms. The van der Waals surface area contributed by atoms with Gasteiger partial charge in [-0.1, -0.05) is 6.92 Å². The number of piperidine rings is 1. The molecule has 1 atom stereocenters. The van der Waals surface area contributed by atoms with Crippen molar-refractivity contribution in [2.45, 2.75) is 19.8 Å².